The van der Waals surface area contributed by atoms with E-state index in [1.807, 2.05) is 4.90 Å². The highest BCUT2D eigenvalue weighted by molar-refractivity contribution is 6.02. The van der Waals surface area contributed by atoms with Crippen LogP contribution < -0.4 is 15.5 Å². The molecule has 3 aromatic heterocycles. The minimum atomic E-state index is -0.694. The van der Waals surface area contributed by atoms with Crippen molar-refractivity contribution >= 4 is 28.7 Å². The Bertz CT molecular complexity index is 1230. The molecule has 1 saturated heterocycles. The van der Waals surface area contributed by atoms with E-state index in [4.69, 9.17) is 0 Å². The number of nitrogens with one attached hydrogen (secondary N) is 2. The molecule has 0 aromatic carbocycles. The summed E-state index contributed by atoms with van der Waals surface area (Å²) >= 11 is 0. The molecule has 5 rings (SSSR count). The van der Waals surface area contributed by atoms with Crippen molar-refractivity contribution in [2.45, 2.75) is 13.0 Å². The molecule has 2 N–H and O–H groups in total. The van der Waals surface area contributed by atoms with E-state index in [9.17, 15) is 14.0 Å². The van der Waals surface area contributed by atoms with Crippen LogP contribution in [0.5, 0.6) is 0 Å². The van der Waals surface area contributed by atoms with Gasteiger partial charge >= 0.3 is 0 Å². The van der Waals surface area contributed by atoms with Gasteiger partial charge < -0.3 is 15.5 Å². The molecule has 2 aliphatic rings. The van der Waals surface area contributed by atoms with E-state index in [0.717, 1.165) is 0 Å². The number of hydrogen-bond donors (Lipinski definition) is 2. The molecule has 0 radical (unpaired) electrons. The van der Waals surface area contributed by atoms with Gasteiger partial charge in [-0.05, 0) is 12.1 Å². The summed E-state index contributed by atoms with van der Waals surface area (Å²) in [4.78, 5) is 31.2. The van der Waals surface area contributed by atoms with Gasteiger partial charge in [0.25, 0.3) is 5.91 Å². The van der Waals surface area contributed by atoms with E-state index in [-0.39, 0.29) is 23.7 Å². The first-order chi connectivity index (χ1) is 15.4. The van der Waals surface area contributed by atoms with Gasteiger partial charge in [-0.25, -0.2) is 13.9 Å². The maximum absolute atomic E-state index is 15.2. The van der Waals surface area contributed by atoms with E-state index in [0.29, 0.717) is 55.1 Å². The number of pyridine rings is 2. The number of halogens is 2. The summed E-state index contributed by atoms with van der Waals surface area (Å²) in [7, 11) is 1.46. The van der Waals surface area contributed by atoms with Crippen molar-refractivity contribution < 1.29 is 18.4 Å². The topological polar surface area (TPSA) is 94.9 Å². The Labute approximate surface area is 182 Å². The first-order valence-electron chi connectivity index (χ1n) is 10.3. The van der Waals surface area contributed by atoms with Crippen molar-refractivity contribution in [3.05, 3.63) is 53.1 Å². The van der Waals surface area contributed by atoms with Crippen molar-refractivity contribution in [1.29, 1.82) is 0 Å². The number of piperazine rings is 1. The number of nitrogens with zero attached hydrogens (tertiary/aromatic N) is 5. The molecule has 0 aliphatic carbocycles. The number of rotatable bonds is 4. The minimum absolute atomic E-state index is 0.0242. The van der Waals surface area contributed by atoms with Crippen molar-refractivity contribution in [2.75, 3.05) is 43.4 Å². The summed E-state index contributed by atoms with van der Waals surface area (Å²) in [6.07, 6.45) is 3.44. The van der Waals surface area contributed by atoms with Crippen LogP contribution in [0.1, 0.15) is 21.6 Å². The average molecular weight is 441 g/mol. The Balaban J connectivity index is 1.30. The van der Waals surface area contributed by atoms with Gasteiger partial charge in [-0.3, -0.25) is 14.5 Å². The van der Waals surface area contributed by atoms with Gasteiger partial charge in [-0.1, -0.05) is 0 Å². The van der Waals surface area contributed by atoms with Gasteiger partial charge in [0.05, 0.1) is 23.8 Å². The lowest BCUT2D eigenvalue weighted by molar-refractivity contribution is -0.115. The van der Waals surface area contributed by atoms with Crippen LogP contribution in [-0.4, -0.2) is 64.5 Å². The monoisotopic (exact) mass is 441 g/mol. The molecule has 0 saturated carbocycles. The first-order valence-corrected chi connectivity index (χ1v) is 10.3. The smallest absolute Gasteiger partial charge is 0.269 e. The standard InChI is InChI=1S/C21H21F2N7O2/c1-24-21(32)14-2-3-15(20(23)26-14)29-6-4-28(5-7-29)10-13-11-30-19-12(9-25-30)8-16(31)27-18(19)17(13)22/h2-3,9,11H,4-8,10H2,1H3,(H,24,32)(H,27,31). The Morgan fingerprint density at radius 3 is 2.72 bits per heavy atom. The number of aromatic nitrogens is 3. The van der Waals surface area contributed by atoms with Crippen LogP contribution >= 0.6 is 0 Å². The second-order valence-electron chi connectivity index (χ2n) is 7.88. The zero-order valence-corrected chi connectivity index (χ0v) is 17.4. The summed E-state index contributed by atoms with van der Waals surface area (Å²) in [5, 5.41) is 9.31. The molecular weight excluding hydrogens is 420 g/mol. The van der Waals surface area contributed by atoms with E-state index >= 15 is 4.39 Å². The number of hydrogen-bond acceptors (Lipinski definition) is 6. The molecule has 0 spiro atoms. The van der Waals surface area contributed by atoms with Gasteiger partial charge in [0.2, 0.25) is 11.9 Å². The average Bonchev–Trinajstić information content (AvgIpc) is 3.19. The fourth-order valence-corrected chi connectivity index (χ4v) is 4.26. The molecule has 2 amide bonds. The van der Waals surface area contributed by atoms with Crippen molar-refractivity contribution in [3.8, 4) is 0 Å². The third-order valence-corrected chi connectivity index (χ3v) is 5.90. The highest BCUT2D eigenvalue weighted by atomic mass is 19.1. The molecule has 5 heterocycles. The van der Waals surface area contributed by atoms with Gasteiger partial charge in [0.1, 0.15) is 11.4 Å². The van der Waals surface area contributed by atoms with Crippen LogP contribution in [0.4, 0.5) is 20.2 Å². The molecule has 0 unspecified atom stereocenters. The first kappa shape index (κ1) is 20.3. The van der Waals surface area contributed by atoms with Crippen LogP contribution in [0.3, 0.4) is 0 Å². The number of amides is 2. The molecule has 2 aliphatic heterocycles. The Kier molecular flexibility index (Phi) is 4.97. The largest absolute Gasteiger partial charge is 0.365 e. The van der Waals surface area contributed by atoms with Crippen LogP contribution in [-0.2, 0) is 17.8 Å². The molecule has 1 fully saturated rings. The number of carbonyl (C=O) groups excluding carboxylic acids is 2. The van der Waals surface area contributed by atoms with Gasteiger partial charge in [-0.2, -0.15) is 9.49 Å². The van der Waals surface area contributed by atoms with E-state index in [1.165, 1.54) is 13.1 Å². The van der Waals surface area contributed by atoms with Gasteiger partial charge in [0.15, 0.2) is 5.82 Å². The summed E-state index contributed by atoms with van der Waals surface area (Å²) in [6.45, 7) is 2.55. The van der Waals surface area contributed by atoms with Crippen LogP contribution in [0, 0.1) is 11.8 Å². The Morgan fingerprint density at radius 2 is 2.00 bits per heavy atom. The van der Waals surface area contributed by atoms with Crippen LogP contribution in [0.2, 0.25) is 0 Å². The van der Waals surface area contributed by atoms with Crippen molar-refractivity contribution in [2.24, 2.45) is 0 Å². The molecule has 0 bridgehead atoms. The van der Waals surface area contributed by atoms with Crippen molar-refractivity contribution in [1.82, 2.24) is 24.8 Å². The van der Waals surface area contributed by atoms with Gasteiger partial charge in [0, 0.05) is 57.1 Å². The van der Waals surface area contributed by atoms with E-state index < -0.39 is 17.7 Å². The SMILES string of the molecule is CNC(=O)c1ccc(N2CCN(Cc3cn4ncc5c4c(c3F)NC(=O)C5)CC2)c(F)n1. The molecule has 32 heavy (non-hydrogen) atoms. The molecular formula is C21H21F2N7O2. The van der Waals surface area contributed by atoms with Crippen LogP contribution in [0.25, 0.3) is 5.52 Å². The predicted molar refractivity (Wildman–Crippen MR) is 113 cm³/mol. The zero-order chi connectivity index (χ0) is 22.4. The fourth-order valence-electron chi connectivity index (χ4n) is 4.26. The highest BCUT2D eigenvalue weighted by Gasteiger charge is 2.27. The normalized spacial score (nSPS) is 16.3. The van der Waals surface area contributed by atoms with E-state index in [2.05, 4.69) is 25.6 Å². The molecule has 0 atom stereocenters. The lowest BCUT2D eigenvalue weighted by Crippen LogP contribution is -2.46. The second kappa shape index (κ2) is 7.83. The maximum Gasteiger partial charge on any atom is 0.269 e. The quantitative estimate of drug-likeness (QED) is 0.591. The molecule has 11 heteroatoms. The number of anilines is 2. The summed E-state index contributed by atoms with van der Waals surface area (Å²) in [5.74, 6) is -1.84. The maximum atomic E-state index is 15.2. The van der Waals surface area contributed by atoms with Crippen molar-refractivity contribution in [3.63, 3.8) is 0 Å². The summed E-state index contributed by atoms with van der Waals surface area (Å²) in [6, 6.07) is 3.05. The summed E-state index contributed by atoms with van der Waals surface area (Å²) in [5.41, 5.74) is 2.27. The Morgan fingerprint density at radius 1 is 1.22 bits per heavy atom. The third kappa shape index (κ3) is 3.44. The Hall–Kier alpha value is -3.60. The second-order valence-corrected chi connectivity index (χ2v) is 7.88. The number of carbonyl (C=O) groups is 2. The summed E-state index contributed by atoms with van der Waals surface area (Å²) < 4.78 is 31.2. The van der Waals surface area contributed by atoms with Crippen LogP contribution in [0.15, 0.2) is 24.5 Å². The lowest BCUT2D eigenvalue weighted by atomic mass is 10.1. The third-order valence-electron chi connectivity index (χ3n) is 5.90. The fraction of sp³-hybridized carbons (Fsp3) is 0.333. The lowest BCUT2D eigenvalue weighted by Gasteiger charge is -2.36. The molecule has 3 aromatic rings. The molecule has 9 nitrogen and oxygen atoms in total. The van der Waals surface area contributed by atoms with Gasteiger partial charge in [-0.15, -0.1) is 0 Å². The molecule has 166 valence electrons. The van der Waals surface area contributed by atoms with E-state index in [1.54, 1.807) is 23.0 Å². The highest BCUT2D eigenvalue weighted by Crippen LogP contribution is 2.31. The predicted octanol–water partition coefficient (Wildman–Crippen LogP) is 1.18. The minimum Gasteiger partial charge on any atom is -0.365 e. The zero-order valence-electron chi connectivity index (χ0n) is 17.4.